The van der Waals surface area contributed by atoms with Gasteiger partial charge in [-0.3, -0.25) is 4.79 Å². The van der Waals surface area contributed by atoms with Crippen LogP contribution in [0.25, 0.3) is 0 Å². The maximum atomic E-state index is 10.6. The highest BCUT2D eigenvalue weighted by molar-refractivity contribution is 5.70. The molecular formula is C8H18O3. The summed E-state index contributed by atoms with van der Waals surface area (Å²) in [5.41, 5.74) is 0. The van der Waals surface area contributed by atoms with Crippen molar-refractivity contribution in [3.05, 3.63) is 0 Å². The van der Waals surface area contributed by atoms with Gasteiger partial charge in [0.1, 0.15) is 0 Å². The quantitative estimate of drug-likeness (QED) is 0.676. The highest BCUT2D eigenvalue weighted by Crippen LogP contribution is 2.19. The molecule has 0 amide bonds. The van der Waals surface area contributed by atoms with E-state index >= 15 is 0 Å². The molecule has 0 fully saturated rings. The van der Waals surface area contributed by atoms with Gasteiger partial charge in [0.05, 0.1) is 5.92 Å². The number of carboxylic acid groups (broad SMARTS) is 1. The molecule has 68 valence electrons. The SMILES string of the molecule is CC(C)C(C(=O)O)C(C)C.O. The van der Waals surface area contributed by atoms with Crippen molar-refractivity contribution < 1.29 is 15.4 Å². The first kappa shape index (κ1) is 13.1. The Kier molecular flexibility index (Phi) is 6.09. The van der Waals surface area contributed by atoms with Crippen LogP contribution in [-0.4, -0.2) is 16.6 Å². The average molecular weight is 162 g/mol. The fraction of sp³-hybridized carbons (Fsp3) is 0.875. The standard InChI is InChI=1S/C8H16O2.H2O/c1-5(2)7(6(3)4)8(9)10;/h5-7H,1-4H3,(H,9,10);1H2. The molecule has 0 aromatic heterocycles. The summed E-state index contributed by atoms with van der Waals surface area (Å²) >= 11 is 0. The number of hydrogen-bond donors (Lipinski definition) is 1. The second kappa shape index (κ2) is 5.13. The maximum Gasteiger partial charge on any atom is 0.307 e. The Morgan fingerprint density at radius 3 is 1.36 bits per heavy atom. The predicted octanol–water partition coefficient (Wildman–Crippen LogP) is 1.17. The van der Waals surface area contributed by atoms with E-state index in [4.69, 9.17) is 5.11 Å². The lowest BCUT2D eigenvalue weighted by molar-refractivity contribution is -0.145. The fourth-order valence-electron chi connectivity index (χ4n) is 1.34. The molecule has 0 aliphatic rings. The van der Waals surface area contributed by atoms with Crippen LogP contribution in [0.3, 0.4) is 0 Å². The zero-order valence-corrected chi connectivity index (χ0v) is 7.59. The lowest BCUT2D eigenvalue weighted by Crippen LogP contribution is -2.24. The summed E-state index contributed by atoms with van der Waals surface area (Å²) in [5, 5.41) is 8.71. The Hall–Kier alpha value is -0.570. The van der Waals surface area contributed by atoms with Gasteiger partial charge in [-0.15, -0.1) is 0 Å². The molecule has 0 atom stereocenters. The molecule has 0 unspecified atom stereocenters. The third-order valence-electron chi connectivity index (χ3n) is 1.72. The van der Waals surface area contributed by atoms with Gasteiger partial charge in [-0.05, 0) is 11.8 Å². The largest absolute Gasteiger partial charge is 0.481 e. The van der Waals surface area contributed by atoms with Gasteiger partial charge >= 0.3 is 5.97 Å². The lowest BCUT2D eigenvalue weighted by atomic mass is 9.86. The number of rotatable bonds is 3. The van der Waals surface area contributed by atoms with Crippen LogP contribution in [0.1, 0.15) is 27.7 Å². The van der Waals surface area contributed by atoms with Crippen molar-refractivity contribution in [2.24, 2.45) is 17.8 Å². The summed E-state index contributed by atoms with van der Waals surface area (Å²) in [6, 6.07) is 0. The Morgan fingerprint density at radius 1 is 1.09 bits per heavy atom. The van der Waals surface area contributed by atoms with Gasteiger partial charge in [0.2, 0.25) is 0 Å². The van der Waals surface area contributed by atoms with Crippen molar-refractivity contribution in [2.75, 3.05) is 0 Å². The van der Waals surface area contributed by atoms with Gasteiger partial charge in [0.25, 0.3) is 0 Å². The van der Waals surface area contributed by atoms with Crippen LogP contribution in [-0.2, 0) is 4.79 Å². The predicted molar refractivity (Wildman–Crippen MR) is 44.4 cm³/mol. The minimum absolute atomic E-state index is 0. The summed E-state index contributed by atoms with van der Waals surface area (Å²) in [7, 11) is 0. The summed E-state index contributed by atoms with van der Waals surface area (Å²) in [4.78, 5) is 10.6. The van der Waals surface area contributed by atoms with E-state index < -0.39 is 5.97 Å². The van der Waals surface area contributed by atoms with Gasteiger partial charge in [0.15, 0.2) is 0 Å². The molecule has 0 bridgehead atoms. The van der Waals surface area contributed by atoms with Gasteiger partial charge in [0, 0.05) is 0 Å². The van der Waals surface area contributed by atoms with Gasteiger partial charge in [-0.25, -0.2) is 0 Å². The number of carbonyl (C=O) groups is 1. The van der Waals surface area contributed by atoms with Crippen LogP contribution < -0.4 is 0 Å². The van der Waals surface area contributed by atoms with E-state index in [-0.39, 0.29) is 23.2 Å². The normalized spacial score (nSPS) is 10.5. The minimum Gasteiger partial charge on any atom is -0.481 e. The fourth-order valence-corrected chi connectivity index (χ4v) is 1.34. The van der Waals surface area contributed by atoms with Crippen LogP contribution >= 0.6 is 0 Å². The van der Waals surface area contributed by atoms with E-state index in [1.54, 1.807) is 0 Å². The molecule has 0 radical (unpaired) electrons. The van der Waals surface area contributed by atoms with Crippen LogP contribution in [0.4, 0.5) is 0 Å². The Morgan fingerprint density at radius 2 is 1.36 bits per heavy atom. The van der Waals surface area contributed by atoms with Crippen molar-refractivity contribution in [2.45, 2.75) is 27.7 Å². The second-order valence-electron chi connectivity index (χ2n) is 3.35. The number of hydrogen-bond acceptors (Lipinski definition) is 1. The highest BCUT2D eigenvalue weighted by Gasteiger charge is 2.24. The Balaban J connectivity index is 0. The molecule has 0 aromatic carbocycles. The molecule has 3 N–H and O–H groups in total. The van der Waals surface area contributed by atoms with Crippen LogP contribution in [0, 0.1) is 17.8 Å². The Bertz CT molecular complexity index is 111. The van der Waals surface area contributed by atoms with E-state index in [1.807, 2.05) is 27.7 Å². The third-order valence-corrected chi connectivity index (χ3v) is 1.72. The third kappa shape index (κ3) is 3.98. The number of carboxylic acids is 1. The molecule has 3 heteroatoms. The first-order valence-electron chi connectivity index (χ1n) is 3.69. The molecular weight excluding hydrogens is 144 g/mol. The lowest BCUT2D eigenvalue weighted by Gasteiger charge is -2.19. The van der Waals surface area contributed by atoms with Crippen molar-refractivity contribution in [1.29, 1.82) is 0 Å². The maximum absolute atomic E-state index is 10.6. The van der Waals surface area contributed by atoms with Crippen LogP contribution in [0.15, 0.2) is 0 Å². The van der Waals surface area contributed by atoms with E-state index in [9.17, 15) is 4.79 Å². The molecule has 0 aromatic rings. The molecule has 0 rings (SSSR count). The molecule has 0 aliphatic heterocycles. The topological polar surface area (TPSA) is 68.8 Å². The second-order valence-corrected chi connectivity index (χ2v) is 3.35. The minimum atomic E-state index is -0.676. The van der Waals surface area contributed by atoms with Crippen molar-refractivity contribution >= 4 is 5.97 Å². The van der Waals surface area contributed by atoms with Crippen molar-refractivity contribution in [3.63, 3.8) is 0 Å². The summed E-state index contributed by atoms with van der Waals surface area (Å²) in [6.07, 6.45) is 0. The van der Waals surface area contributed by atoms with Gasteiger partial charge < -0.3 is 10.6 Å². The zero-order chi connectivity index (χ0) is 8.31. The van der Waals surface area contributed by atoms with Gasteiger partial charge in [-0.1, -0.05) is 27.7 Å². The van der Waals surface area contributed by atoms with E-state index in [0.717, 1.165) is 0 Å². The van der Waals surface area contributed by atoms with Crippen LogP contribution in [0.5, 0.6) is 0 Å². The summed E-state index contributed by atoms with van der Waals surface area (Å²) in [6.45, 7) is 7.77. The Labute approximate surface area is 67.7 Å². The van der Waals surface area contributed by atoms with Crippen LogP contribution in [0.2, 0.25) is 0 Å². The molecule has 0 heterocycles. The molecule has 0 saturated carbocycles. The number of aliphatic carboxylic acids is 1. The summed E-state index contributed by atoms with van der Waals surface area (Å²) < 4.78 is 0. The smallest absolute Gasteiger partial charge is 0.307 e. The zero-order valence-electron chi connectivity index (χ0n) is 7.59. The van der Waals surface area contributed by atoms with Crippen molar-refractivity contribution in [1.82, 2.24) is 0 Å². The molecule has 0 saturated heterocycles. The monoisotopic (exact) mass is 162 g/mol. The molecule has 3 nitrogen and oxygen atoms in total. The molecule has 11 heavy (non-hydrogen) atoms. The van der Waals surface area contributed by atoms with E-state index in [0.29, 0.717) is 0 Å². The van der Waals surface area contributed by atoms with Gasteiger partial charge in [-0.2, -0.15) is 0 Å². The molecule has 0 aliphatic carbocycles. The van der Waals surface area contributed by atoms with Crippen molar-refractivity contribution in [3.8, 4) is 0 Å². The van der Waals surface area contributed by atoms with E-state index in [1.165, 1.54) is 0 Å². The summed E-state index contributed by atoms with van der Waals surface area (Å²) in [5.74, 6) is -0.403. The molecule has 0 spiro atoms. The first-order chi connectivity index (χ1) is 4.46. The average Bonchev–Trinajstić information content (AvgIpc) is 1.59. The first-order valence-corrected chi connectivity index (χ1v) is 3.69. The van der Waals surface area contributed by atoms with E-state index in [2.05, 4.69) is 0 Å². The highest BCUT2D eigenvalue weighted by atomic mass is 16.4.